The van der Waals surface area contributed by atoms with Gasteiger partial charge in [-0.25, -0.2) is 0 Å². The van der Waals surface area contributed by atoms with E-state index in [4.69, 9.17) is 9.39 Å². The fourth-order valence-electron chi connectivity index (χ4n) is 1.89. The lowest BCUT2D eigenvalue weighted by molar-refractivity contribution is -0.0893. The lowest BCUT2D eigenvalue weighted by Gasteiger charge is -2.37. The Labute approximate surface area is 128 Å². The first-order valence-electron chi connectivity index (χ1n) is 7.36. The van der Waals surface area contributed by atoms with Gasteiger partial charge in [-0.05, 0) is 46.9 Å². The van der Waals surface area contributed by atoms with Crippen LogP contribution < -0.4 is 10.2 Å². The second-order valence-corrected chi connectivity index (χ2v) is 6.84. The van der Waals surface area contributed by atoms with Gasteiger partial charge >= 0.3 is 7.48 Å². The van der Waals surface area contributed by atoms with Gasteiger partial charge in [-0.2, -0.15) is 0 Å². The quantitative estimate of drug-likeness (QED) is 0.799. The highest BCUT2D eigenvalue weighted by Crippen LogP contribution is 2.24. The second-order valence-electron chi connectivity index (χ2n) is 6.84. The van der Waals surface area contributed by atoms with Gasteiger partial charge in [0, 0.05) is 13.1 Å². The summed E-state index contributed by atoms with van der Waals surface area (Å²) in [5, 5.41) is 10.1. The Balaban J connectivity index is 1.85. The van der Waals surface area contributed by atoms with Crippen molar-refractivity contribution in [3.8, 4) is 5.75 Å². The highest BCUT2D eigenvalue weighted by molar-refractivity contribution is 6.47. The predicted octanol–water partition coefficient (Wildman–Crippen LogP) is 1.19. The molecule has 1 radical (unpaired) electrons. The van der Waals surface area contributed by atoms with Crippen molar-refractivity contribution in [2.45, 2.75) is 45.0 Å². The molecule has 0 unspecified atom stereocenters. The van der Waals surface area contributed by atoms with Crippen LogP contribution in [0.1, 0.15) is 27.7 Å². The molecule has 1 fully saturated rings. The first kappa shape index (κ1) is 16.3. The average Bonchev–Trinajstić information content (AvgIpc) is 2.35. The Bertz CT molecular complexity index is 461. The van der Waals surface area contributed by atoms with Crippen LogP contribution in [-0.2, 0) is 4.65 Å². The molecule has 5 heteroatoms. The zero-order valence-electron chi connectivity index (χ0n) is 13.6. The number of likely N-dealkylation sites (N-methyl/N-ethyl adjacent to an activating group) is 1. The van der Waals surface area contributed by atoms with E-state index in [1.54, 1.807) is 21.3 Å². The monoisotopic (exact) mass is 290 g/mol. The minimum atomic E-state index is -0.914. The molecule has 0 bridgehead atoms. The van der Waals surface area contributed by atoms with Crippen molar-refractivity contribution in [2.75, 3.05) is 20.1 Å². The Morgan fingerprint density at radius 3 is 2.19 bits per heavy atom. The molecular formula is C16H25BNO3. The summed E-state index contributed by atoms with van der Waals surface area (Å²) >= 11 is 0. The number of aliphatic hydroxyl groups is 1. The lowest BCUT2D eigenvalue weighted by Crippen LogP contribution is -2.51. The largest absolute Gasteiger partial charge is 0.488 e. The average molecular weight is 290 g/mol. The van der Waals surface area contributed by atoms with Crippen LogP contribution in [0.5, 0.6) is 5.75 Å². The van der Waals surface area contributed by atoms with E-state index in [1.165, 1.54) is 0 Å². The number of rotatable bonds is 6. The van der Waals surface area contributed by atoms with Gasteiger partial charge in [-0.15, -0.1) is 0 Å². The molecule has 1 aromatic carbocycles. The van der Waals surface area contributed by atoms with E-state index in [0.29, 0.717) is 6.10 Å². The summed E-state index contributed by atoms with van der Waals surface area (Å²) in [6.07, 6.45) is 0.301. The molecule has 0 aliphatic carbocycles. The maximum absolute atomic E-state index is 10.1. The van der Waals surface area contributed by atoms with E-state index >= 15 is 0 Å². The van der Waals surface area contributed by atoms with E-state index in [2.05, 4.69) is 11.9 Å². The number of likely N-dealkylation sites (tertiary alicyclic amines) is 1. The number of nitrogens with zero attached hydrogens (tertiary/aromatic N) is 1. The van der Waals surface area contributed by atoms with Gasteiger partial charge in [0.05, 0.1) is 11.2 Å². The van der Waals surface area contributed by atoms with Gasteiger partial charge in [0.25, 0.3) is 0 Å². The molecule has 2 rings (SSSR count). The fraction of sp³-hybridized carbons (Fsp3) is 0.625. The smallest absolute Gasteiger partial charge is 0.330 e. The SMILES string of the molecule is CN1CC(Oc2ccc([B]OC(C)(C)C(C)(C)O)cc2)C1. The van der Waals surface area contributed by atoms with Crippen molar-refractivity contribution >= 4 is 12.9 Å². The van der Waals surface area contributed by atoms with Gasteiger partial charge in [0.1, 0.15) is 11.9 Å². The van der Waals surface area contributed by atoms with Crippen LogP contribution in [-0.4, -0.2) is 54.9 Å². The van der Waals surface area contributed by atoms with Crippen LogP contribution in [0, 0.1) is 0 Å². The van der Waals surface area contributed by atoms with Crippen LogP contribution in [0.2, 0.25) is 0 Å². The van der Waals surface area contributed by atoms with Gasteiger partial charge in [0.2, 0.25) is 0 Å². The van der Waals surface area contributed by atoms with E-state index in [-0.39, 0.29) is 0 Å². The van der Waals surface area contributed by atoms with Gasteiger partial charge in [0.15, 0.2) is 0 Å². The molecule has 21 heavy (non-hydrogen) atoms. The lowest BCUT2D eigenvalue weighted by atomic mass is 9.82. The first-order chi connectivity index (χ1) is 9.67. The normalized spacial score (nSPS) is 17.4. The molecule has 1 saturated heterocycles. The maximum Gasteiger partial charge on any atom is 0.330 e. The van der Waals surface area contributed by atoms with E-state index < -0.39 is 11.2 Å². The Hall–Kier alpha value is -1.04. The number of ether oxygens (including phenoxy) is 1. The third kappa shape index (κ3) is 4.22. The molecule has 4 nitrogen and oxygen atoms in total. The molecule has 115 valence electrons. The van der Waals surface area contributed by atoms with Crippen LogP contribution in [0.3, 0.4) is 0 Å². The van der Waals surface area contributed by atoms with Crippen molar-refractivity contribution in [3.05, 3.63) is 24.3 Å². The molecule has 1 aliphatic rings. The molecule has 0 atom stereocenters. The summed E-state index contributed by atoms with van der Waals surface area (Å²) in [4.78, 5) is 2.22. The number of hydrogen-bond donors (Lipinski definition) is 1. The van der Waals surface area contributed by atoms with Gasteiger partial charge < -0.3 is 14.5 Å². The Kier molecular flexibility index (Phi) is 4.66. The molecule has 0 saturated carbocycles. The van der Waals surface area contributed by atoms with Crippen molar-refractivity contribution in [2.24, 2.45) is 0 Å². The summed E-state index contributed by atoms with van der Waals surface area (Å²) in [5.74, 6) is 0.881. The molecule has 0 aromatic heterocycles. The summed E-state index contributed by atoms with van der Waals surface area (Å²) in [6, 6.07) is 7.81. The van der Waals surface area contributed by atoms with Crippen molar-refractivity contribution in [1.29, 1.82) is 0 Å². The summed E-state index contributed by atoms with van der Waals surface area (Å²) in [7, 11) is 3.76. The number of benzene rings is 1. The summed E-state index contributed by atoms with van der Waals surface area (Å²) in [5.41, 5.74) is -0.619. The third-order valence-corrected chi connectivity index (χ3v) is 4.18. The third-order valence-electron chi connectivity index (χ3n) is 4.18. The van der Waals surface area contributed by atoms with E-state index in [1.807, 2.05) is 38.1 Å². The first-order valence-corrected chi connectivity index (χ1v) is 7.36. The Morgan fingerprint density at radius 2 is 1.71 bits per heavy atom. The summed E-state index contributed by atoms with van der Waals surface area (Å²) < 4.78 is 11.6. The Morgan fingerprint density at radius 1 is 1.14 bits per heavy atom. The highest BCUT2D eigenvalue weighted by atomic mass is 16.5. The van der Waals surface area contributed by atoms with E-state index in [0.717, 1.165) is 24.3 Å². The zero-order valence-corrected chi connectivity index (χ0v) is 13.6. The standard InChI is InChI=1S/C16H25BNO3/c1-15(2,19)16(3,4)21-17-12-6-8-13(9-7-12)20-14-10-18(5)11-14/h6-9,14,19H,10-11H2,1-5H3. The minimum absolute atomic E-state index is 0.301. The molecule has 1 aromatic rings. The predicted molar refractivity (Wildman–Crippen MR) is 85.2 cm³/mol. The zero-order chi connectivity index (χ0) is 15.7. The summed E-state index contributed by atoms with van der Waals surface area (Å²) in [6.45, 7) is 9.19. The van der Waals surface area contributed by atoms with E-state index in [9.17, 15) is 5.11 Å². The molecule has 1 N–H and O–H groups in total. The topological polar surface area (TPSA) is 41.9 Å². The molecular weight excluding hydrogens is 265 g/mol. The number of hydrogen-bond acceptors (Lipinski definition) is 4. The molecule has 1 heterocycles. The van der Waals surface area contributed by atoms with Crippen LogP contribution in [0.4, 0.5) is 0 Å². The molecule has 0 spiro atoms. The van der Waals surface area contributed by atoms with Crippen LogP contribution in [0.15, 0.2) is 24.3 Å². The second kappa shape index (κ2) is 5.99. The highest BCUT2D eigenvalue weighted by Gasteiger charge is 2.35. The van der Waals surface area contributed by atoms with Crippen molar-refractivity contribution < 1.29 is 14.5 Å². The van der Waals surface area contributed by atoms with Gasteiger partial charge in [-0.3, -0.25) is 4.90 Å². The molecule has 0 amide bonds. The minimum Gasteiger partial charge on any atom is -0.488 e. The van der Waals surface area contributed by atoms with Crippen LogP contribution >= 0.6 is 0 Å². The van der Waals surface area contributed by atoms with Crippen molar-refractivity contribution in [1.82, 2.24) is 4.90 Å². The van der Waals surface area contributed by atoms with Crippen molar-refractivity contribution in [3.63, 3.8) is 0 Å². The maximum atomic E-state index is 10.1. The van der Waals surface area contributed by atoms with Crippen LogP contribution in [0.25, 0.3) is 0 Å². The molecule has 1 aliphatic heterocycles. The fourth-order valence-corrected chi connectivity index (χ4v) is 1.89. The van der Waals surface area contributed by atoms with Gasteiger partial charge in [-0.1, -0.05) is 17.6 Å².